The minimum Gasteiger partial charge on any atom is -0.456 e. The molecule has 122 valence electrons. The molecule has 1 aromatic carbocycles. The number of hydrogen-bond acceptors (Lipinski definition) is 4. The maximum Gasteiger partial charge on any atom is 0.340 e. The molecule has 0 aliphatic carbocycles. The Labute approximate surface area is 147 Å². The average molecular weight is 363 g/mol. The molecule has 0 amide bonds. The molecule has 0 saturated carbocycles. The molecule has 0 bridgehead atoms. The summed E-state index contributed by atoms with van der Waals surface area (Å²) in [5.41, 5.74) is 1.71. The van der Waals surface area contributed by atoms with Gasteiger partial charge in [-0.2, -0.15) is 0 Å². The van der Waals surface area contributed by atoms with Crippen molar-refractivity contribution >= 4 is 34.8 Å². The number of aryl methyl sites for hydroxylation is 1. The Hall–Kier alpha value is -2.37. The molecule has 3 aromatic rings. The Morgan fingerprint density at radius 2 is 2.04 bits per heavy atom. The second kappa shape index (κ2) is 6.63. The number of ether oxygens (including phenoxy) is 1. The summed E-state index contributed by atoms with van der Waals surface area (Å²) in [5.74, 6) is -0.631. The molecular weight excluding hydrogens is 351 g/mol. The number of esters is 1. The maximum absolute atomic E-state index is 12.1. The second-order valence-corrected chi connectivity index (χ2v) is 5.98. The summed E-state index contributed by atoms with van der Waals surface area (Å²) in [6, 6.07) is 9.61. The zero-order valence-corrected chi connectivity index (χ0v) is 14.1. The van der Waals surface area contributed by atoms with Gasteiger partial charge in [-0.25, -0.2) is 9.78 Å². The number of rotatable bonds is 3. The van der Waals surface area contributed by atoms with Crippen molar-refractivity contribution in [2.75, 3.05) is 0 Å². The van der Waals surface area contributed by atoms with Gasteiger partial charge in [0.25, 0.3) is 5.56 Å². The van der Waals surface area contributed by atoms with Gasteiger partial charge in [-0.3, -0.25) is 9.20 Å². The van der Waals surface area contributed by atoms with Gasteiger partial charge in [0.1, 0.15) is 12.3 Å². The topological polar surface area (TPSA) is 60.7 Å². The molecule has 0 fully saturated rings. The molecule has 0 radical (unpaired) electrons. The van der Waals surface area contributed by atoms with Crippen molar-refractivity contribution in [3.63, 3.8) is 0 Å². The lowest BCUT2D eigenvalue weighted by atomic mass is 10.2. The van der Waals surface area contributed by atoms with Crippen LogP contribution in [-0.4, -0.2) is 15.4 Å². The number of carbonyl (C=O) groups excluding carboxylic acids is 1. The van der Waals surface area contributed by atoms with Crippen LogP contribution < -0.4 is 5.56 Å². The molecule has 0 aliphatic heterocycles. The fourth-order valence-corrected chi connectivity index (χ4v) is 2.59. The van der Waals surface area contributed by atoms with Gasteiger partial charge in [-0.1, -0.05) is 35.3 Å². The van der Waals surface area contributed by atoms with Crippen LogP contribution >= 0.6 is 23.2 Å². The van der Waals surface area contributed by atoms with Crippen molar-refractivity contribution in [2.24, 2.45) is 0 Å². The molecule has 24 heavy (non-hydrogen) atoms. The molecule has 0 N–H and O–H groups in total. The van der Waals surface area contributed by atoms with E-state index in [2.05, 4.69) is 4.98 Å². The van der Waals surface area contributed by atoms with E-state index < -0.39 is 5.97 Å². The summed E-state index contributed by atoms with van der Waals surface area (Å²) in [7, 11) is 0. The summed E-state index contributed by atoms with van der Waals surface area (Å²) in [4.78, 5) is 28.5. The molecule has 2 heterocycles. The van der Waals surface area contributed by atoms with Crippen molar-refractivity contribution in [3.8, 4) is 0 Å². The van der Waals surface area contributed by atoms with Gasteiger partial charge < -0.3 is 4.74 Å². The first-order valence-electron chi connectivity index (χ1n) is 7.06. The Morgan fingerprint density at radius 1 is 1.25 bits per heavy atom. The molecule has 2 aromatic heterocycles. The standard InChI is InChI=1S/C17H12Cl2N2O3/c1-10-5-6-14-20-11(7-15(22)21(14)8-10)9-24-17(23)12-3-2-4-13(18)16(12)19/h2-8H,9H2,1H3. The number of benzene rings is 1. The number of aromatic nitrogens is 2. The number of carbonyl (C=O) groups is 1. The van der Waals surface area contributed by atoms with E-state index in [1.165, 1.54) is 16.5 Å². The first-order valence-corrected chi connectivity index (χ1v) is 7.81. The summed E-state index contributed by atoms with van der Waals surface area (Å²) in [5, 5.41) is 0.398. The molecule has 0 spiro atoms. The highest BCUT2D eigenvalue weighted by Crippen LogP contribution is 2.26. The highest BCUT2D eigenvalue weighted by Gasteiger charge is 2.14. The maximum atomic E-state index is 12.1. The minimum atomic E-state index is -0.631. The van der Waals surface area contributed by atoms with Crippen LogP contribution in [0.25, 0.3) is 5.65 Å². The first kappa shape index (κ1) is 16.5. The third-order valence-corrected chi connectivity index (χ3v) is 4.20. The molecule has 7 heteroatoms. The number of halogens is 2. The summed E-state index contributed by atoms with van der Waals surface area (Å²) < 4.78 is 6.62. The fraction of sp³-hybridized carbons (Fsp3) is 0.118. The van der Waals surface area contributed by atoms with E-state index in [1.807, 2.05) is 13.0 Å². The van der Waals surface area contributed by atoms with E-state index in [0.29, 0.717) is 11.3 Å². The molecule has 0 unspecified atom stereocenters. The van der Waals surface area contributed by atoms with Gasteiger partial charge in [0.05, 0.1) is 21.3 Å². The van der Waals surface area contributed by atoms with Gasteiger partial charge in [-0.15, -0.1) is 0 Å². The minimum absolute atomic E-state index is 0.131. The number of pyridine rings is 1. The molecule has 3 rings (SSSR count). The van der Waals surface area contributed by atoms with Crippen LogP contribution in [-0.2, 0) is 11.3 Å². The Morgan fingerprint density at radius 3 is 2.83 bits per heavy atom. The monoisotopic (exact) mass is 362 g/mol. The smallest absolute Gasteiger partial charge is 0.340 e. The Balaban J connectivity index is 1.83. The SMILES string of the molecule is Cc1ccc2nc(COC(=O)c3cccc(Cl)c3Cl)cc(=O)n2c1. The van der Waals surface area contributed by atoms with E-state index in [1.54, 1.807) is 24.4 Å². The van der Waals surface area contributed by atoms with Crippen molar-refractivity contribution in [1.82, 2.24) is 9.38 Å². The van der Waals surface area contributed by atoms with E-state index in [-0.39, 0.29) is 27.8 Å². The van der Waals surface area contributed by atoms with Crippen molar-refractivity contribution < 1.29 is 9.53 Å². The molecule has 5 nitrogen and oxygen atoms in total. The average Bonchev–Trinajstić information content (AvgIpc) is 2.56. The molecular formula is C17H12Cl2N2O3. The van der Waals surface area contributed by atoms with E-state index in [9.17, 15) is 9.59 Å². The molecule has 0 saturated heterocycles. The number of fused-ring (bicyclic) bond motifs is 1. The lowest BCUT2D eigenvalue weighted by Gasteiger charge is -2.08. The summed E-state index contributed by atoms with van der Waals surface area (Å²) >= 11 is 11.9. The first-order chi connectivity index (χ1) is 11.5. The van der Waals surface area contributed by atoms with E-state index >= 15 is 0 Å². The normalized spacial score (nSPS) is 10.8. The van der Waals surface area contributed by atoms with Crippen LogP contribution in [0.4, 0.5) is 0 Å². The summed E-state index contributed by atoms with van der Waals surface area (Å²) in [6.07, 6.45) is 1.70. The van der Waals surface area contributed by atoms with Crippen LogP contribution in [0.5, 0.6) is 0 Å². The van der Waals surface area contributed by atoms with Gasteiger partial charge in [0.15, 0.2) is 0 Å². The Bertz CT molecular complexity index is 999. The van der Waals surface area contributed by atoms with Crippen LogP contribution in [0.3, 0.4) is 0 Å². The summed E-state index contributed by atoms with van der Waals surface area (Å²) in [6.45, 7) is 1.75. The predicted molar refractivity (Wildman–Crippen MR) is 91.8 cm³/mol. The van der Waals surface area contributed by atoms with Gasteiger partial charge in [0, 0.05) is 12.3 Å². The van der Waals surface area contributed by atoms with Crippen LogP contribution in [0.1, 0.15) is 21.6 Å². The van der Waals surface area contributed by atoms with Crippen molar-refractivity contribution in [3.05, 3.63) is 79.8 Å². The van der Waals surface area contributed by atoms with E-state index in [4.69, 9.17) is 27.9 Å². The predicted octanol–water partition coefficient (Wildman–Crippen LogP) is 3.67. The zero-order chi connectivity index (χ0) is 17.3. The van der Waals surface area contributed by atoms with Crippen LogP contribution in [0.2, 0.25) is 10.0 Å². The fourth-order valence-electron chi connectivity index (χ4n) is 2.21. The lowest BCUT2D eigenvalue weighted by molar-refractivity contribution is 0.0468. The van der Waals surface area contributed by atoms with Gasteiger partial charge in [0.2, 0.25) is 0 Å². The van der Waals surface area contributed by atoms with Crippen molar-refractivity contribution in [2.45, 2.75) is 13.5 Å². The van der Waals surface area contributed by atoms with Crippen LogP contribution in [0, 0.1) is 6.92 Å². The van der Waals surface area contributed by atoms with Gasteiger partial charge in [-0.05, 0) is 30.7 Å². The highest BCUT2D eigenvalue weighted by molar-refractivity contribution is 6.43. The lowest BCUT2D eigenvalue weighted by Crippen LogP contribution is -2.17. The second-order valence-electron chi connectivity index (χ2n) is 5.20. The third kappa shape index (κ3) is 3.27. The highest BCUT2D eigenvalue weighted by atomic mass is 35.5. The molecule has 0 atom stereocenters. The number of nitrogens with zero attached hydrogens (tertiary/aromatic N) is 2. The largest absolute Gasteiger partial charge is 0.456 e. The number of hydrogen-bond donors (Lipinski definition) is 0. The van der Waals surface area contributed by atoms with Crippen LogP contribution in [0.15, 0.2) is 47.4 Å². The van der Waals surface area contributed by atoms with E-state index in [0.717, 1.165) is 5.56 Å². The quantitative estimate of drug-likeness (QED) is 0.667. The third-order valence-electron chi connectivity index (χ3n) is 3.38. The van der Waals surface area contributed by atoms with Gasteiger partial charge >= 0.3 is 5.97 Å². The zero-order valence-electron chi connectivity index (χ0n) is 12.6. The molecule has 0 aliphatic rings. The Kier molecular flexibility index (Phi) is 4.55. The van der Waals surface area contributed by atoms with Crippen molar-refractivity contribution in [1.29, 1.82) is 0 Å².